The number of aliphatic imine (C=N–C) groups is 1. The third-order valence-electron chi connectivity index (χ3n) is 6.99. The Morgan fingerprint density at radius 2 is 1.87 bits per heavy atom. The van der Waals surface area contributed by atoms with E-state index >= 15 is 0 Å². The van der Waals surface area contributed by atoms with Gasteiger partial charge in [0, 0.05) is 36.7 Å². The lowest BCUT2D eigenvalue weighted by atomic mass is 9.88. The van der Waals surface area contributed by atoms with E-state index in [2.05, 4.69) is 44.9 Å². The lowest BCUT2D eigenvalue weighted by Crippen LogP contribution is -2.54. The molecule has 3 fully saturated rings. The van der Waals surface area contributed by atoms with Gasteiger partial charge in [0.15, 0.2) is 5.96 Å². The maximum atomic E-state index is 5.71. The van der Waals surface area contributed by atoms with Gasteiger partial charge in [0.2, 0.25) is 0 Å². The molecule has 0 aromatic carbocycles. The Morgan fingerprint density at radius 1 is 1.13 bits per heavy atom. The number of guanidine groups is 1. The summed E-state index contributed by atoms with van der Waals surface area (Å²) in [4.78, 5) is 11.9. The van der Waals surface area contributed by atoms with Crippen molar-refractivity contribution in [2.75, 3.05) is 59.0 Å². The SMILES string of the molecule is CCNC(=NCC1(N2CCCC2)CCOCC1)NCC(c1cccs1)N1CCCC1. The molecule has 168 valence electrons. The quantitative estimate of drug-likeness (QED) is 0.487. The van der Waals surface area contributed by atoms with Crippen LogP contribution in [-0.2, 0) is 4.74 Å². The van der Waals surface area contributed by atoms with Gasteiger partial charge in [-0.25, -0.2) is 0 Å². The number of hydrogen-bond donors (Lipinski definition) is 2. The van der Waals surface area contributed by atoms with Crippen LogP contribution in [0.1, 0.15) is 56.4 Å². The summed E-state index contributed by atoms with van der Waals surface area (Å²) in [5.41, 5.74) is 0.180. The molecule has 6 nitrogen and oxygen atoms in total. The van der Waals surface area contributed by atoms with Crippen LogP contribution in [0.25, 0.3) is 0 Å². The number of nitrogens with one attached hydrogen (secondary N) is 2. The van der Waals surface area contributed by atoms with Gasteiger partial charge in [0.25, 0.3) is 0 Å². The van der Waals surface area contributed by atoms with Gasteiger partial charge in [0.05, 0.1) is 12.6 Å². The minimum absolute atomic E-state index is 0.180. The first-order valence-electron chi connectivity index (χ1n) is 11.9. The Morgan fingerprint density at radius 3 is 2.53 bits per heavy atom. The van der Waals surface area contributed by atoms with Crippen LogP contribution in [0.5, 0.6) is 0 Å². The second-order valence-corrected chi connectivity index (χ2v) is 9.86. The third-order valence-corrected chi connectivity index (χ3v) is 7.97. The number of hydrogen-bond acceptors (Lipinski definition) is 5. The van der Waals surface area contributed by atoms with E-state index < -0.39 is 0 Å². The second kappa shape index (κ2) is 10.9. The van der Waals surface area contributed by atoms with Gasteiger partial charge < -0.3 is 15.4 Å². The average Bonchev–Trinajstić information content (AvgIpc) is 3.56. The fourth-order valence-corrected chi connectivity index (χ4v) is 6.08. The Hall–Kier alpha value is -1.15. The summed E-state index contributed by atoms with van der Waals surface area (Å²) in [5.74, 6) is 0.961. The van der Waals surface area contributed by atoms with E-state index in [0.717, 1.165) is 51.6 Å². The van der Waals surface area contributed by atoms with E-state index in [9.17, 15) is 0 Å². The number of rotatable bonds is 8. The van der Waals surface area contributed by atoms with E-state index in [1.807, 2.05) is 11.3 Å². The predicted octanol–water partition coefficient (Wildman–Crippen LogP) is 3.09. The molecule has 7 heteroatoms. The Labute approximate surface area is 186 Å². The average molecular weight is 434 g/mol. The molecule has 2 N–H and O–H groups in total. The van der Waals surface area contributed by atoms with Gasteiger partial charge >= 0.3 is 0 Å². The Kier molecular flexibility index (Phi) is 8.04. The maximum Gasteiger partial charge on any atom is 0.191 e. The summed E-state index contributed by atoms with van der Waals surface area (Å²) in [7, 11) is 0. The van der Waals surface area contributed by atoms with Gasteiger partial charge in [-0.1, -0.05) is 6.07 Å². The van der Waals surface area contributed by atoms with Crippen LogP contribution in [-0.4, -0.2) is 80.3 Å². The summed E-state index contributed by atoms with van der Waals surface area (Å²) in [5, 5.41) is 9.38. The highest BCUT2D eigenvalue weighted by molar-refractivity contribution is 7.10. The van der Waals surface area contributed by atoms with Gasteiger partial charge in [0.1, 0.15) is 0 Å². The molecule has 30 heavy (non-hydrogen) atoms. The molecule has 0 amide bonds. The molecule has 3 aliphatic heterocycles. The molecule has 0 bridgehead atoms. The summed E-state index contributed by atoms with van der Waals surface area (Å²) < 4.78 is 5.71. The maximum absolute atomic E-state index is 5.71. The summed E-state index contributed by atoms with van der Waals surface area (Å²) >= 11 is 1.87. The van der Waals surface area contributed by atoms with E-state index in [0.29, 0.717) is 6.04 Å². The molecule has 3 aliphatic rings. The van der Waals surface area contributed by atoms with Gasteiger partial charge in [-0.05, 0) is 83.1 Å². The molecule has 4 heterocycles. The molecule has 1 aromatic heterocycles. The molecular weight excluding hydrogens is 394 g/mol. The third kappa shape index (κ3) is 5.36. The van der Waals surface area contributed by atoms with E-state index in [-0.39, 0.29) is 5.54 Å². The van der Waals surface area contributed by atoms with Crippen LogP contribution >= 0.6 is 11.3 Å². The second-order valence-electron chi connectivity index (χ2n) is 8.88. The molecule has 1 unspecified atom stereocenters. The van der Waals surface area contributed by atoms with Crippen LogP contribution in [0.2, 0.25) is 0 Å². The van der Waals surface area contributed by atoms with Crippen molar-refractivity contribution < 1.29 is 4.74 Å². The van der Waals surface area contributed by atoms with Crippen LogP contribution in [0.4, 0.5) is 0 Å². The molecule has 1 atom stereocenters. The number of likely N-dealkylation sites (tertiary alicyclic amines) is 2. The van der Waals surface area contributed by atoms with Gasteiger partial charge in [-0.15, -0.1) is 11.3 Å². The molecule has 0 spiro atoms. The fraction of sp³-hybridized carbons (Fsp3) is 0.783. The monoisotopic (exact) mass is 433 g/mol. The molecule has 4 rings (SSSR count). The van der Waals surface area contributed by atoms with Crippen molar-refractivity contribution in [3.8, 4) is 0 Å². The van der Waals surface area contributed by atoms with Crippen molar-refractivity contribution in [1.29, 1.82) is 0 Å². The van der Waals surface area contributed by atoms with Crippen molar-refractivity contribution in [3.05, 3.63) is 22.4 Å². The van der Waals surface area contributed by atoms with Crippen molar-refractivity contribution >= 4 is 17.3 Å². The zero-order chi connectivity index (χ0) is 20.7. The van der Waals surface area contributed by atoms with Crippen LogP contribution < -0.4 is 10.6 Å². The van der Waals surface area contributed by atoms with Crippen molar-refractivity contribution in [2.24, 2.45) is 4.99 Å². The molecular formula is C23H39N5OS. The normalized spacial score (nSPS) is 24.2. The van der Waals surface area contributed by atoms with Crippen LogP contribution in [0, 0.1) is 0 Å². The van der Waals surface area contributed by atoms with Crippen molar-refractivity contribution in [3.63, 3.8) is 0 Å². The molecule has 0 aliphatic carbocycles. The standard InChI is InChI=1S/C23H39N5OS/c1-2-24-22(25-18-20(21-8-7-17-30-21)27-11-3-4-12-27)26-19-23(9-15-29-16-10-23)28-13-5-6-14-28/h7-8,17,20H,2-6,9-16,18-19H2,1H3,(H2,24,25,26). The zero-order valence-corrected chi connectivity index (χ0v) is 19.4. The highest BCUT2D eigenvalue weighted by Gasteiger charge is 2.39. The summed E-state index contributed by atoms with van der Waals surface area (Å²) in [6, 6.07) is 4.89. The lowest BCUT2D eigenvalue weighted by molar-refractivity contribution is -0.0139. The minimum atomic E-state index is 0.180. The van der Waals surface area contributed by atoms with Crippen molar-refractivity contribution in [2.45, 2.75) is 57.0 Å². The zero-order valence-electron chi connectivity index (χ0n) is 18.6. The number of ether oxygens (including phenoxy) is 1. The minimum Gasteiger partial charge on any atom is -0.381 e. The van der Waals surface area contributed by atoms with Crippen LogP contribution in [0.3, 0.4) is 0 Å². The summed E-state index contributed by atoms with van der Waals surface area (Å²) in [6.45, 7) is 11.4. The van der Waals surface area contributed by atoms with E-state index in [4.69, 9.17) is 9.73 Å². The fourth-order valence-electron chi connectivity index (χ4n) is 5.22. The molecule has 0 saturated carbocycles. The molecule has 0 radical (unpaired) electrons. The first kappa shape index (κ1) is 22.1. The topological polar surface area (TPSA) is 52.1 Å². The van der Waals surface area contributed by atoms with Gasteiger partial charge in [-0.3, -0.25) is 14.8 Å². The highest BCUT2D eigenvalue weighted by Crippen LogP contribution is 2.32. The largest absolute Gasteiger partial charge is 0.381 e. The first-order valence-corrected chi connectivity index (χ1v) is 12.8. The number of nitrogens with zero attached hydrogens (tertiary/aromatic N) is 3. The molecule has 1 aromatic rings. The predicted molar refractivity (Wildman–Crippen MR) is 125 cm³/mol. The highest BCUT2D eigenvalue weighted by atomic mass is 32.1. The smallest absolute Gasteiger partial charge is 0.191 e. The lowest BCUT2D eigenvalue weighted by Gasteiger charge is -2.43. The van der Waals surface area contributed by atoms with E-state index in [1.54, 1.807) is 0 Å². The summed E-state index contributed by atoms with van der Waals surface area (Å²) in [6.07, 6.45) is 7.47. The van der Waals surface area contributed by atoms with Crippen molar-refractivity contribution in [1.82, 2.24) is 20.4 Å². The number of thiophene rings is 1. The Balaban J connectivity index is 1.43. The van der Waals surface area contributed by atoms with E-state index in [1.165, 1.54) is 56.7 Å². The Bertz CT molecular complexity index is 647. The van der Waals surface area contributed by atoms with Crippen LogP contribution in [0.15, 0.2) is 22.5 Å². The molecule has 3 saturated heterocycles. The van der Waals surface area contributed by atoms with Gasteiger partial charge in [-0.2, -0.15) is 0 Å². The first-order chi connectivity index (χ1) is 14.8.